The predicted molar refractivity (Wildman–Crippen MR) is 37.9 cm³/mol. The van der Waals surface area contributed by atoms with Gasteiger partial charge in [-0.25, -0.2) is 0 Å². The van der Waals surface area contributed by atoms with Crippen molar-refractivity contribution < 1.29 is 14.7 Å². The average molecular weight is 157 g/mol. The number of amides is 1. The molecule has 11 heavy (non-hydrogen) atoms. The van der Waals surface area contributed by atoms with Crippen molar-refractivity contribution in [3.05, 3.63) is 0 Å². The third-order valence-corrected chi connectivity index (χ3v) is 1.80. The third-order valence-electron chi connectivity index (χ3n) is 1.80. The predicted octanol–water partition coefficient (Wildman–Crippen LogP) is -0.157. The highest BCUT2D eigenvalue weighted by molar-refractivity contribution is 5.89. The van der Waals surface area contributed by atoms with Gasteiger partial charge in [0.1, 0.15) is 0 Å². The smallest absolute Gasteiger partial charge is 0.307 e. The molecule has 1 fully saturated rings. The van der Waals surface area contributed by atoms with Crippen LogP contribution < -0.4 is 5.32 Å². The van der Waals surface area contributed by atoms with Crippen molar-refractivity contribution in [2.24, 2.45) is 11.8 Å². The minimum absolute atomic E-state index is 0.125. The molecule has 1 aliphatic rings. The van der Waals surface area contributed by atoms with Gasteiger partial charge in [-0.15, -0.1) is 0 Å². The van der Waals surface area contributed by atoms with Crippen LogP contribution in [0.4, 0.5) is 0 Å². The highest BCUT2D eigenvalue weighted by atomic mass is 16.4. The van der Waals surface area contributed by atoms with Gasteiger partial charge < -0.3 is 10.4 Å². The van der Waals surface area contributed by atoms with Crippen molar-refractivity contribution in [1.29, 1.82) is 0 Å². The van der Waals surface area contributed by atoms with Crippen LogP contribution in [0.25, 0.3) is 0 Å². The van der Waals surface area contributed by atoms with Gasteiger partial charge >= 0.3 is 5.97 Å². The van der Waals surface area contributed by atoms with E-state index in [9.17, 15) is 9.59 Å². The van der Waals surface area contributed by atoms with E-state index in [1.165, 1.54) is 0 Å². The Bertz CT molecular complexity index is 190. The number of carboxylic acid groups (broad SMARTS) is 1. The summed E-state index contributed by atoms with van der Waals surface area (Å²) >= 11 is 0. The molecular formula is C7H11NO3. The molecule has 0 aromatic heterocycles. The van der Waals surface area contributed by atoms with Gasteiger partial charge in [-0.3, -0.25) is 9.59 Å². The SMILES string of the molecule is CCNC(=O)C1CC1C(=O)O. The summed E-state index contributed by atoms with van der Waals surface area (Å²) in [4.78, 5) is 21.2. The van der Waals surface area contributed by atoms with Gasteiger partial charge in [0.05, 0.1) is 11.8 Å². The van der Waals surface area contributed by atoms with E-state index in [4.69, 9.17) is 5.11 Å². The van der Waals surface area contributed by atoms with Gasteiger partial charge in [0.15, 0.2) is 0 Å². The summed E-state index contributed by atoms with van der Waals surface area (Å²) in [7, 11) is 0. The molecule has 1 aliphatic carbocycles. The molecule has 0 heterocycles. The first-order valence-electron chi connectivity index (χ1n) is 3.67. The van der Waals surface area contributed by atoms with Crippen LogP contribution in [-0.2, 0) is 9.59 Å². The zero-order valence-corrected chi connectivity index (χ0v) is 6.33. The number of nitrogens with one attached hydrogen (secondary N) is 1. The zero-order chi connectivity index (χ0) is 8.43. The van der Waals surface area contributed by atoms with Crippen molar-refractivity contribution in [2.45, 2.75) is 13.3 Å². The second-order valence-electron chi connectivity index (χ2n) is 2.68. The van der Waals surface area contributed by atoms with E-state index in [0.717, 1.165) is 0 Å². The Morgan fingerprint density at radius 1 is 1.55 bits per heavy atom. The summed E-state index contributed by atoms with van der Waals surface area (Å²) in [6, 6.07) is 0. The summed E-state index contributed by atoms with van der Waals surface area (Å²) in [6.07, 6.45) is 0.501. The second-order valence-corrected chi connectivity index (χ2v) is 2.68. The monoisotopic (exact) mass is 157 g/mol. The van der Waals surface area contributed by atoms with E-state index < -0.39 is 11.9 Å². The molecular weight excluding hydrogens is 146 g/mol. The Hall–Kier alpha value is -1.06. The highest BCUT2D eigenvalue weighted by Gasteiger charge is 2.47. The van der Waals surface area contributed by atoms with Crippen molar-refractivity contribution in [3.63, 3.8) is 0 Å². The minimum atomic E-state index is -0.860. The molecule has 2 unspecified atom stereocenters. The maximum Gasteiger partial charge on any atom is 0.307 e. The lowest BCUT2D eigenvalue weighted by molar-refractivity contribution is -0.140. The molecule has 1 amide bonds. The first-order chi connectivity index (χ1) is 5.16. The quantitative estimate of drug-likeness (QED) is 0.598. The molecule has 0 spiro atoms. The fourth-order valence-corrected chi connectivity index (χ4v) is 1.06. The molecule has 0 bridgehead atoms. The maximum atomic E-state index is 10.9. The van der Waals surface area contributed by atoms with E-state index in [1.54, 1.807) is 0 Å². The number of carbonyl (C=O) groups is 2. The van der Waals surface area contributed by atoms with Crippen LogP contribution in [0.5, 0.6) is 0 Å². The lowest BCUT2D eigenvalue weighted by Crippen LogP contribution is -2.25. The molecule has 62 valence electrons. The molecule has 0 aromatic rings. The zero-order valence-electron chi connectivity index (χ0n) is 6.33. The normalized spacial score (nSPS) is 27.7. The Labute approximate surface area is 64.6 Å². The number of hydrogen-bond acceptors (Lipinski definition) is 2. The maximum absolute atomic E-state index is 10.9. The molecule has 0 aromatic carbocycles. The number of carbonyl (C=O) groups excluding carboxylic acids is 1. The Kier molecular flexibility index (Phi) is 2.12. The fourth-order valence-electron chi connectivity index (χ4n) is 1.06. The lowest BCUT2D eigenvalue weighted by atomic mass is 10.3. The van der Waals surface area contributed by atoms with Crippen molar-refractivity contribution in [3.8, 4) is 0 Å². The summed E-state index contributed by atoms with van der Waals surface area (Å²) in [6.45, 7) is 2.39. The van der Waals surface area contributed by atoms with E-state index in [-0.39, 0.29) is 11.8 Å². The van der Waals surface area contributed by atoms with Crippen LogP contribution in [0.1, 0.15) is 13.3 Å². The molecule has 4 heteroatoms. The van der Waals surface area contributed by atoms with E-state index >= 15 is 0 Å². The number of aliphatic carboxylic acids is 1. The third kappa shape index (κ3) is 1.69. The first-order valence-corrected chi connectivity index (χ1v) is 3.67. The Morgan fingerprint density at radius 3 is 2.55 bits per heavy atom. The molecule has 2 N–H and O–H groups in total. The number of hydrogen-bond donors (Lipinski definition) is 2. The molecule has 1 saturated carbocycles. The van der Waals surface area contributed by atoms with Gasteiger partial charge in [-0.1, -0.05) is 0 Å². The van der Waals surface area contributed by atoms with E-state index in [1.807, 2.05) is 6.92 Å². The van der Waals surface area contributed by atoms with Crippen LogP contribution in [-0.4, -0.2) is 23.5 Å². The number of carboxylic acids is 1. The van der Waals surface area contributed by atoms with Crippen molar-refractivity contribution >= 4 is 11.9 Å². The summed E-state index contributed by atoms with van der Waals surface area (Å²) < 4.78 is 0. The molecule has 0 radical (unpaired) electrons. The van der Waals surface area contributed by atoms with E-state index in [2.05, 4.69) is 5.32 Å². The van der Waals surface area contributed by atoms with E-state index in [0.29, 0.717) is 13.0 Å². The molecule has 0 aliphatic heterocycles. The average Bonchev–Trinajstić information content (AvgIpc) is 2.65. The molecule has 2 atom stereocenters. The molecule has 1 rings (SSSR count). The van der Waals surface area contributed by atoms with Gasteiger partial charge in [-0.05, 0) is 13.3 Å². The number of rotatable bonds is 3. The molecule has 0 saturated heterocycles. The van der Waals surface area contributed by atoms with Crippen LogP contribution in [0.2, 0.25) is 0 Å². The first kappa shape index (κ1) is 8.04. The Balaban J connectivity index is 2.32. The molecule has 4 nitrogen and oxygen atoms in total. The van der Waals surface area contributed by atoms with Gasteiger partial charge in [0, 0.05) is 6.54 Å². The highest BCUT2D eigenvalue weighted by Crippen LogP contribution is 2.38. The second kappa shape index (κ2) is 2.90. The van der Waals surface area contributed by atoms with Crippen LogP contribution in [0.15, 0.2) is 0 Å². The standard InChI is InChI=1S/C7H11NO3/c1-2-8-6(9)4-3-5(4)7(10)11/h4-5H,2-3H2,1H3,(H,8,9)(H,10,11). The van der Waals surface area contributed by atoms with Gasteiger partial charge in [0.25, 0.3) is 0 Å². The van der Waals surface area contributed by atoms with Gasteiger partial charge in [0.2, 0.25) is 5.91 Å². The largest absolute Gasteiger partial charge is 0.481 e. The summed E-state index contributed by atoms with van der Waals surface area (Å²) in [5.74, 6) is -1.69. The lowest BCUT2D eigenvalue weighted by Gasteiger charge is -1.97. The fraction of sp³-hybridized carbons (Fsp3) is 0.714. The van der Waals surface area contributed by atoms with Gasteiger partial charge in [-0.2, -0.15) is 0 Å². The van der Waals surface area contributed by atoms with Crippen molar-refractivity contribution in [1.82, 2.24) is 5.32 Å². The van der Waals surface area contributed by atoms with Crippen molar-refractivity contribution in [2.75, 3.05) is 6.54 Å². The van der Waals surface area contributed by atoms with Crippen LogP contribution in [0.3, 0.4) is 0 Å². The summed E-state index contributed by atoms with van der Waals surface area (Å²) in [5, 5.41) is 11.1. The van der Waals surface area contributed by atoms with Crippen LogP contribution >= 0.6 is 0 Å². The Morgan fingerprint density at radius 2 is 2.18 bits per heavy atom. The topological polar surface area (TPSA) is 66.4 Å². The summed E-state index contributed by atoms with van der Waals surface area (Å²) in [5.41, 5.74) is 0. The minimum Gasteiger partial charge on any atom is -0.481 e. The van der Waals surface area contributed by atoms with Crippen LogP contribution in [0, 0.1) is 11.8 Å².